The molecule has 0 spiro atoms. The highest BCUT2D eigenvalue weighted by Crippen LogP contribution is 2.39. The van der Waals surface area contributed by atoms with E-state index in [0.29, 0.717) is 11.4 Å². The number of nitrogens with zero attached hydrogens (tertiary/aromatic N) is 8. The van der Waals surface area contributed by atoms with E-state index >= 15 is 0 Å². The minimum absolute atomic E-state index is 0.124. The van der Waals surface area contributed by atoms with E-state index in [1.54, 1.807) is 10.9 Å². The summed E-state index contributed by atoms with van der Waals surface area (Å²) in [5.74, 6) is 0.429. The molecule has 3 aromatic heterocycles. The average Bonchev–Trinajstić information content (AvgIpc) is 3.17. The topological polar surface area (TPSA) is 67.4 Å². The Labute approximate surface area is 152 Å². The third kappa shape index (κ3) is 2.56. The van der Waals surface area contributed by atoms with Crippen LogP contribution < -0.4 is 4.90 Å². The largest absolute Gasteiger partial charge is 0.435 e. The molecule has 2 saturated heterocycles. The number of aromatic nitrogens is 6. The molecule has 5 heterocycles. The van der Waals surface area contributed by atoms with Crippen molar-refractivity contribution in [2.24, 2.45) is 0 Å². The van der Waals surface area contributed by atoms with Gasteiger partial charge in [-0.2, -0.15) is 23.4 Å². The van der Waals surface area contributed by atoms with Gasteiger partial charge in [0, 0.05) is 37.9 Å². The van der Waals surface area contributed by atoms with Gasteiger partial charge in [-0.1, -0.05) is 0 Å². The van der Waals surface area contributed by atoms with Gasteiger partial charge in [-0.15, -0.1) is 0 Å². The molecule has 8 nitrogen and oxygen atoms in total. The van der Waals surface area contributed by atoms with E-state index in [2.05, 4.69) is 25.1 Å². The zero-order chi connectivity index (χ0) is 18.8. The maximum atomic E-state index is 13.9. The highest BCUT2D eigenvalue weighted by Gasteiger charge is 2.40. The summed E-state index contributed by atoms with van der Waals surface area (Å²) in [6.45, 7) is 3.13. The summed E-state index contributed by atoms with van der Waals surface area (Å²) in [5, 5.41) is 8.11. The van der Waals surface area contributed by atoms with Crippen LogP contribution in [0.4, 0.5) is 19.0 Å². The second kappa shape index (κ2) is 5.65. The molecule has 142 valence electrons. The van der Waals surface area contributed by atoms with Crippen LogP contribution in [0.2, 0.25) is 0 Å². The summed E-state index contributed by atoms with van der Waals surface area (Å²) in [6, 6.07) is 0.169. The lowest BCUT2D eigenvalue weighted by Gasteiger charge is -2.36. The lowest BCUT2D eigenvalue weighted by Crippen LogP contribution is -2.45. The van der Waals surface area contributed by atoms with Crippen molar-refractivity contribution in [3.63, 3.8) is 0 Å². The molecule has 0 atom stereocenters. The molecule has 0 aromatic carbocycles. The van der Waals surface area contributed by atoms with Crippen LogP contribution in [0.1, 0.15) is 18.2 Å². The summed E-state index contributed by atoms with van der Waals surface area (Å²) in [4.78, 5) is 12.4. The second-order valence-electron chi connectivity index (χ2n) is 7.05. The zero-order valence-electron chi connectivity index (χ0n) is 14.6. The van der Waals surface area contributed by atoms with Crippen LogP contribution >= 0.6 is 0 Å². The van der Waals surface area contributed by atoms with Gasteiger partial charge in [-0.05, 0) is 13.5 Å². The molecule has 11 heteroatoms. The van der Waals surface area contributed by atoms with Crippen molar-refractivity contribution in [1.29, 1.82) is 0 Å². The Balaban J connectivity index is 1.68. The number of likely N-dealkylation sites (N-methyl/N-ethyl adjacent to an activating group) is 1. The Morgan fingerprint density at radius 1 is 1.15 bits per heavy atom. The molecule has 0 unspecified atom stereocenters. The van der Waals surface area contributed by atoms with Gasteiger partial charge in [0.2, 0.25) is 0 Å². The van der Waals surface area contributed by atoms with Gasteiger partial charge in [0.15, 0.2) is 17.2 Å². The molecule has 2 aliphatic heterocycles. The lowest BCUT2D eigenvalue weighted by atomic mass is 10.1. The fourth-order valence-corrected chi connectivity index (χ4v) is 3.56. The first-order chi connectivity index (χ1) is 12.9. The number of rotatable bonds is 3. The molecule has 2 fully saturated rings. The summed E-state index contributed by atoms with van der Waals surface area (Å²) in [5.41, 5.74) is -0.638. The van der Waals surface area contributed by atoms with E-state index in [0.717, 1.165) is 43.4 Å². The van der Waals surface area contributed by atoms with Gasteiger partial charge >= 0.3 is 6.18 Å². The first-order valence-corrected chi connectivity index (χ1v) is 8.71. The van der Waals surface area contributed by atoms with Crippen LogP contribution in [-0.2, 0) is 6.18 Å². The molecule has 0 aliphatic carbocycles. The predicted molar refractivity (Wildman–Crippen MR) is 90.4 cm³/mol. The number of likely N-dealkylation sites (tertiary alicyclic amines) is 1. The van der Waals surface area contributed by atoms with Crippen LogP contribution in [-0.4, -0.2) is 67.5 Å². The molecule has 2 aliphatic rings. The van der Waals surface area contributed by atoms with Crippen LogP contribution in [0.25, 0.3) is 16.9 Å². The third-order valence-corrected chi connectivity index (χ3v) is 5.12. The molecular weight excluding hydrogens is 361 g/mol. The first-order valence-electron chi connectivity index (χ1n) is 8.71. The molecule has 0 amide bonds. The van der Waals surface area contributed by atoms with E-state index in [-0.39, 0.29) is 17.4 Å². The maximum Gasteiger partial charge on any atom is 0.435 e. The fraction of sp³-hybridized carbons (Fsp3) is 0.500. The number of hydrogen-bond donors (Lipinski definition) is 0. The summed E-state index contributed by atoms with van der Waals surface area (Å²) in [7, 11) is 1.99. The van der Waals surface area contributed by atoms with E-state index in [1.165, 1.54) is 6.20 Å². The number of alkyl halides is 3. The van der Waals surface area contributed by atoms with Gasteiger partial charge in [-0.3, -0.25) is 4.68 Å². The minimum atomic E-state index is -4.62. The van der Waals surface area contributed by atoms with Crippen molar-refractivity contribution in [3.8, 4) is 11.3 Å². The average molecular weight is 378 g/mol. The molecule has 0 N–H and O–H groups in total. The second-order valence-corrected chi connectivity index (χ2v) is 7.05. The van der Waals surface area contributed by atoms with Gasteiger partial charge in [0.05, 0.1) is 12.2 Å². The predicted octanol–water partition coefficient (Wildman–Crippen LogP) is 1.70. The molecule has 0 saturated carbocycles. The van der Waals surface area contributed by atoms with E-state index in [9.17, 15) is 13.2 Å². The standard InChI is InChI=1S/C16H17F3N8/c1-24-7-11(8-24)26-6-10(5-21-26)12-13(16(17,18)19)27-14(20-9-22-27)15(23-12)25-3-2-4-25/h5-6,9,11H,2-4,7-8H2,1H3. The number of halogens is 3. The van der Waals surface area contributed by atoms with Gasteiger partial charge in [-0.25, -0.2) is 14.5 Å². The van der Waals surface area contributed by atoms with Crippen LogP contribution in [0.3, 0.4) is 0 Å². The van der Waals surface area contributed by atoms with Gasteiger partial charge < -0.3 is 9.80 Å². The third-order valence-electron chi connectivity index (χ3n) is 5.12. The zero-order valence-corrected chi connectivity index (χ0v) is 14.6. The van der Waals surface area contributed by atoms with Crippen molar-refractivity contribution >= 4 is 11.5 Å². The Bertz CT molecular complexity index is 997. The van der Waals surface area contributed by atoms with Gasteiger partial charge in [0.1, 0.15) is 12.0 Å². The normalized spacial score (nSPS) is 18.7. The Morgan fingerprint density at radius 2 is 1.93 bits per heavy atom. The maximum absolute atomic E-state index is 13.9. The van der Waals surface area contributed by atoms with Crippen molar-refractivity contribution in [2.45, 2.75) is 18.6 Å². The van der Waals surface area contributed by atoms with E-state index in [1.807, 2.05) is 11.9 Å². The van der Waals surface area contributed by atoms with Gasteiger partial charge in [0.25, 0.3) is 0 Å². The lowest BCUT2D eigenvalue weighted by molar-refractivity contribution is -0.142. The first kappa shape index (κ1) is 16.5. The SMILES string of the molecule is CN1CC(n2cc(-c3nc(N4CCC4)c4ncnn4c3C(F)(F)F)cn2)C1. The van der Waals surface area contributed by atoms with Crippen molar-refractivity contribution in [1.82, 2.24) is 34.3 Å². The molecular formula is C16H17F3N8. The smallest absolute Gasteiger partial charge is 0.353 e. The van der Waals surface area contributed by atoms with Crippen LogP contribution in [0, 0.1) is 0 Å². The highest BCUT2D eigenvalue weighted by molar-refractivity contribution is 5.72. The van der Waals surface area contributed by atoms with Crippen molar-refractivity contribution < 1.29 is 13.2 Å². The molecule has 5 rings (SSSR count). The molecule has 0 bridgehead atoms. The van der Waals surface area contributed by atoms with Crippen molar-refractivity contribution in [2.75, 3.05) is 38.1 Å². The fourth-order valence-electron chi connectivity index (χ4n) is 3.56. The Kier molecular flexibility index (Phi) is 3.45. The van der Waals surface area contributed by atoms with E-state index < -0.39 is 11.9 Å². The highest BCUT2D eigenvalue weighted by atomic mass is 19.4. The monoisotopic (exact) mass is 378 g/mol. The number of anilines is 1. The number of hydrogen-bond acceptors (Lipinski definition) is 6. The van der Waals surface area contributed by atoms with E-state index in [4.69, 9.17) is 0 Å². The molecule has 27 heavy (non-hydrogen) atoms. The summed E-state index contributed by atoms with van der Waals surface area (Å²) >= 11 is 0. The quantitative estimate of drug-likeness (QED) is 0.691. The Hall–Kier alpha value is -2.69. The molecule has 3 aromatic rings. The number of fused-ring (bicyclic) bond motifs is 1. The van der Waals surface area contributed by atoms with Crippen LogP contribution in [0.15, 0.2) is 18.7 Å². The van der Waals surface area contributed by atoms with Crippen LogP contribution in [0.5, 0.6) is 0 Å². The summed E-state index contributed by atoms with van der Waals surface area (Å²) in [6.07, 6.45) is 0.565. The molecule has 0 radical (unpaired) electrons. The minimum Gasteiger partial charge on any atom is -0.353 e. The van der Waals surface area contributed by atoms with Crippen molar-refractivity contribution in [3.05, 3.63) is 24.4 Å². The Morgan fingerprint density at radius 3 is 2.56 bits per heavy atom. The summed E-state index contributed by atoms with van der Waals surface area (Å²) < 4.78 is 44.2.